The molecule has 0 spiro atoms. The van der Waals surface area contributed by atoms with Gasteiger partial charge in [-0.25, -0.2) is 0 Å². The lowest BCUT2D eigenvalue weighted by atomic mass is 9.83. The summed E-state index contributed by atoms with van der Waals surface area (Å²) in [6.45, 7) is 5.73. The first kappa shape index (κ1) is 32.6. The molecule has 0 aromatic carbocycles. The molecule has 0 aromatic rings. The van der Waals surface area contributed by atoms with E-state index < -0.39 is 55.7 Å². The Balaban J connectivity index is 0.000000360. The second-order valence-electron chi connectivity index (χ2n) is 8.75. The number of aliphatic hydroxyl groups excluding tert-OH is 5. The standard InChI is InChI=1S/C13H24O5.C10H18O8/c1-5-10-8(2)9(3)12(15)13(18-10)17-7-6-11(14)16-4;1-16-6(12)2-3-17-10-9(15)8(14)7(13)5(4-11)18-10/h8-10,12-13,15H,5-7H2,1-4H3;5,7-11,13-15H,2-4H2,1H3. The molecule has 36 heavy (non-hydrogen) atoms. The number of aliphatic hydroxyl groups is 5. The highest BCUT2D eigenvalue weighted by Crippen LogP contribution is 2.32. The summed E-state index contributed by atoms with van der Waals surface area (Å²) in [5, 5.41) is 47.6. The predicted octanol–water partition coefficient (Wildman–Crippen LogP) is -1.30. The van der Waals surface area contributed by atoms with Gasteiger partial charge in [0.2, 0.25) is 0 Å². The fourth-order valence-corrected chi connectivity index (χ4v) is 3.81. The van der Waals surface area contributed by atoms with Crippen molar-refractivity contribution >= 4 is 11.9 Å². The molecule has 212 valence electrons. The third kappa shape index (κ3) is 9.47. The fraction of sp³-hybridized carbons (Fsp3) is 0.913. The maximum atomic E-state index is 11.0. The third-order valence-corrected chi connectivity index (χ3v) is 6.43. The van der Waals surface area contributed by atoms with Crippen molar-refractivity contribution in [3.63, 3.8) is 0 Å². The number of ether oxygens (including phenoxy) is 6. The van der Waals surface area contributed by atoms with E-state index in [0.29, 0.717) is 5.92 Å². The molecule has 0 saturated carbocycles. The molecule has 0 aliphatic carbocycles. The van der Waals surface area contributed by atoms with Crippen molar-refractivity contribution in [2.45, 2.75) is 89.2 Å². The van der Waals surface area contributed by atoms with Gasteiger partial charge in [0.25, 0.3) is 0 Å². The highest BCUT2D eigenvalue weighted by Gasteiger charge is 2.44. The molecule has 2 aliphatic heterocycles. The van der Waals surface area contributed by atoms with Crippen LogP contribution in [0.2, 0.25) is 0 Å². The Morgan fingerprint density at radius 2 is 1.19 bits per heavy atom. The highest BCUT2D eigenvalue weighted by molar-refractivity contribution is 5.69. The first-order valence-electron chi connectivity index (χ1n) is 12.0. The van der Waals surface area contributed by atoms with Gasteiger partial charge in [0, 0.05) is 0 Å². The first-order valence-corrected chi connectivity index (χ1v) is 12.0. The van der Waals surface area contributed by atoms with Gasteiger partial charge in [0.1, 0.15) is 30.5 Å². The maximum Gasteiger partial charge on any atom is 0.307 e. The first-order chi connectivity index (χ1) is 17.0. The van der Waals surface area contributed by atoms with Crippen LogP contribution in [0.3, 0.4) is 0 Å². The number of rotatable bonds is 10. The monoisotopic (exact) mass is 526 g/mol. The van der Waals surface area contributed by atoms with E-state index in [1.807, 2.05) is 6.92 Å². The van der Waals surface area contributed by atoms with E-state index in [0.717, 1.165) is 6.42 Å². The quantitative estimate of drug-likeness (QED) is 0.211. The van der Waals surface area contributed by atoms with Gasteiger partial charge in [-0.15, -0.1) is 0 Å². The van der Waals surface area contributed by atoms with Crippen LogP contribution in [0.1, 0.15) is 40.0 Å². The highest BCUT2D eigenvalue weighted by atomic mass is 16.7. The molecular weight excluding hydrogens is 484 g/mol. The largest absolute Gasteiger partial charge is 0.469 e. The van der Waals surface area contributed by atoms with Gasteiger partial charge >= 0.3 is 11.9 Å². The number of carbonyl (C=O) groups excluding carboxylic acids is 2. The zero-order valence-corrected chi connectivity index (χ0v) is 21.5. The molecule has 0 bridgehead atoms. The molecule has 0 aromatic heterocycles. The molecule has 0 amide bonds. The number of esters is 2. The molecule has 5 N–H and O–H groups in total. The maximum absolute atomic E-state index is 11.0. The van der Waals surface area contributed by atoms with Crippen molar-refractivity contribution in [3.05, 3.63) is 0 Å². The normalized spacial score (nSPS) is 36.4. The smallest absolute Gasteiger partial charge is 0.307 e. The van der Waals surface area contributed by atoms with Crippen LogP contribution >= 0.6 is 0 Å². The number of hydrogen-bond acceptors (Lipinski definition) is 13. The van der Waals surface area contributed by atoms with Crippen LogP contribution in [0.15, 0.2) is 0 Å². The van der Waals surface area contributed by atoms with Crippen molar-refractivity contribution in [2.75, 3.05) is 34.0 Å². The summed E-state index contributed by atoms with van der Waals surface area (Å²) in [6.07, 6.45) is -6.80. The minimum Gasteiger partial charge on any atom is -0.469 e. The molecule has 2 fully saturated rings. The zero-order valence-electron chi connectivity index (χ0n) is 21.5. The molecule has 2 saturated heterocycles. The lowest BCUT2D eigenvalue weighted by molar-refractivity contribution is -0.301. The summed E-state index contributed by atoms with van der Waals surface area (Å²) >= 11 is 0. The Morgan fingerprint density at radius 3 is 1.64 bits per heavy atom. The van der Waals surface area contributed by atoms with E-state index in [1.165, 1.54) is 14.2 Å². The number of carbonyl (C=O) groups is 2. The van der Waals surface area contributed by atoms with Crippen molar-refractivity contribution < 1.29 is 63.5 Å². The van der Waals surface area contributed by atoms with Gasteiger partial charge in [-0.05, 0) is 18.3 Å². The van der Waals surface area contributed by atoms with E-state index in [4.69, 9.17) is 24.1 Å². The fourth-order valence-electron chi connectivity index (χ4n) is 3.81. The molecule has 10 atom stereocenters. The van der Waals surface area contributed by atoms with Crippen LogP contribution < -0.4 is 0 Å². The van der Waals surface area contributed by atoms with Gasteiger partial charge in [0.05, 0.1) is 53.0 Å². The Labute approximate surface area is 211 Å². The van der Waals surface area contributed by atoms with Crippen LogP contribution in [0.5, 0.6) is 0 Å². The molecule has 2 aliphatic rings. The summed E-state index contributed by atoms with van der Waals surface area (Å²) in [6, 6.07) is 0. The summed E-state index contributed by atoms with van der Waals surface area (Å²) < 4.78 is 30.2. The molecule has 10 unspecified atom stereocenters. The molecule has 13 nitrogen and oxygen atoms in total. The molecular formula is C23H42O13. The SMILES string of the molecule is CCC1OC(OCCC(=O)OC)C(O)C(C)C1C.COC(=O)CCOC1OC(CO)C(O)C(O)C1O. The molecule has 13 heteroatoms. The van der Waals surface area contributed by atoms with Crippen molar-refractivity contribution in [3.8, 4) is 0 Å². The topological polar surface area (TPSA) is 191 Å². The number of methoxy groups -OCH3 is 2. The lowest BCUT2D eigenvalue weighted by Crippen LogP contribution is -2.59. The summed E-state index contributed by atoms with van der Waals surface area (Å²) in [5.74, 6) is -0.398. The van der Waals surface area contributed by atoms with Crippen LogP contribution in [-0.4, -0.2) is 121 Å². The summed E-state index contributed by atoms with van der Waals surface area (Å²) in [4.78, 5) is 21.8. The second-order valence-corrected chi connectivity index (χ2v) is 8.75. The van der Waals surface area contributed by atoms with Crippen molar-refractivity contribution in [1.29, 1.82) is 0 Å². The minimum atomic E-state index is -1.49. The lowest BCUT2D eigenvalue weighted by Gasteiger charge is -2.42. The Hall–Kier alpha value is -1.42. The van der Waals surface area contributed by atoms with Crippen molar-refractivity contribution in [2.24, 2.45) is 11.8 Å². The molecule has 2 heterocycles. The Morgan fingerprint density at radius 1 is 0.722 bits per heavy atom. The van der Waals surface area contributed by atoms with Gasteiger partial charge in [0.15, 0.2) is 12.6 Å². The summed E-state index contributed by atoms with van der Waals surface area (Å²) in [5.41, 5.74) is 0. The van der Waals surface area contributed by atoms with E-state index >= 15 is 0 Å². The Kier molecular flexibility index (Phi) is 14.9. The van der Waals surface area contributed by atoms with E-state index in [9.17, 15) is 30.0 Å². The van der Waals surface area contributed by atoms with Gasteiger partial charge in [-0.3, -0.25) is 9.59 Å². The molecule has 0 radical (unpaired) electrons. The zero-order chi connectivity index (χ0) is 27.4. The van der Waals surface area contributed by atoms with Crippen LogP contribution in [0.4, 0.5) is 0 Å². The van der Waals surface area contributed by atoms with Gasteiger partial charge in [-0.1, -0.05) is 20.8 Å². The molecule has 2 rings (SSSR count). The van der Waals surface area contributed by atoms with E-state index in [-0.39, 0.29) is 44.0 Å². The second kappa shape index (κ2) is 16.4. The average Bonchev–Trinajstić information content (AvgIpc) is 2.88. The summed E-state index contributed by atoms with van der Waals surface area (Å²) in [7, 11) is 2.57. The van der Waals surface area contributed by atoms with Crippen LogP contribution in [0.25, 0.3) is 0 Å². The van der Waals surface area contributed by atoms with Crippen LogP contribution in [-0.2, 0) is 38.0 Å². The van der Waals surface area contributed by atoms with Gasteiger partial charge in [-0.2, -0.15) is 0 Å². The van der Waals surface area contributed by atoms with E-state index in [2.05, 4.69) is 23.3 Å². The average molecular weight is 527 g/mol. The minimum absolute atomic E-state index is 0.0362. The van der Waals surface area contributed by atoms with E-state index in [1.54, 1.807) is 0 Å². The van der Waals surface area contributed by atoms with Gasteiger partial charge < -0.3 is 54.0 Å². The Bertz CT molecular complexity index is 589. The van der Waals surface area contributed by atoms with Crippen LogP contribution in [0, 0.1) is 11.8 Å². The van der Waals surface area contributed by atoms with Crippen molar-refractivity contribution in [1.82, 2.24) is 0 Å². The predicted molar refractivity (Wildman–Crippen MR) is 122 cm³/mol. The third-order valence-electron chi connectivity index (χ3n) is 6.43. The number of hydrogen-bond donors (Lipinski definition) is 5.